The van der Waals surface area contributed by atoms with Gasteiger partial charge in [-0.3, -0.25) is 4.79 Å². The van der Waals surface area contributed by atoms with E-state index in [4.69, 9.17) is 5.26 Å². The Labute approximate surface area is 103 Å². The van der Waals surface area contributed by atoms with Crippen LogP contribution < -0.4 is 4.90 Å². The third-order valence-corrected chi connectivity index (χ3v) is 3.05. The van der Waals surface area contributed by atoms with Crippen LogP contribution in [-0.4, -0.2) is 13.0 Å². The predicted molar refractivity (Wildman–Crippen MR) is 68.6 cm³/mol. The van der Waals surface area contributed by atoms with Gasteiger partial charge < -0.3 is 4.90 Å². The Balaban J connectivity index is 3.00. The standard InChI is InChI=1S/C14H18N2O/c1-4-11(5-2)14(17)16(3)13-9-7-6-8-12(13)10-15/h6-9,11H,4-5H2,1-3H3. The normalized spacial score (nSPS) is 10.1. The maximum atomic E-state index is 12.2. The summed E-state index contributed by atoms with van der Waals surface area (Å²) in [5, 5.41) is 9.01. The maximum Gasteiger partial charge on any atom is 0.229 e. The van der Waals surface area contributed by atoms with Crippen molar-refractivity contribution in [2.75, 3.05) is 11.9 Å². The largest absolute Gasteiger partial charge is 0.314 e. The molecule has 0 spiro atoms. The second-order valence-electron chi connectivity index (χ2n) is 4.04. The number of nitriles is 1. The Morgan fingerprint density at radius 1 is 1.35 bits per heavy atom. The van der Waals surface area contributed by atoms with E-state index in [9.17, 15) is 4.79 Å². The first-order valence-electron chi connectivity index (χ1n) is 5.92. The highest BCUT2D eigenvalue weighted by Gasteiger charge is 2.21. The zero-order chi connectivity index (χ0) is 12.8. The second kappa shape index (κ2) is 6.05. The SMILES string of the molecule is CCC(CC)C(=O)N(C)c1ccccc1C#N. The Morgan fingerprint density at radius 2 is 1.94 bits per heavy atom. The summed E-state index contributed by atoms with van der Waals surface area (Å²) in [6.45, 7) is 4.02. The smallest absolute Gasteiger partial charge is 0.229 e. The van der Waals surface area contributed by atoms with Crippen LogP contribution in [-0.2, 0) is 4.79 Å². The summed E-state index contributed by atoms with van der Waals surface area (Å²) in [6, 6.07) is 9.29. The summed E-state index contributed by atoms with van der Waals surface area (Å²) < 4.78 is 0. The van der Waals surface area contributed by atoms with E-state index >= 15 is 0 Å². The van der Waals surface area contributed by atoms with E-state index < -0.39 is 0 Å². The molecule has 1 aromatic rings. The van der Waals surface area contributed by atoms with Crippen LogP contribution in [0.1, 0.15) is 32.3 Å². The molecular weight excluding hydrogens is 212 g/mol. The van der Waals surface area contributed by atoms with Crippen molar-refractivity contribution in [3.05, 3.63) is 29.8 Å². The molecule has 0 aliphatic rings. The molecule has 90 valence electrons. The zero-order valence-corrected chi connectivity index (χ0v) is 10.6. The van der Waals surface area contributed by atoms with Gasteiger partial charge in [-0.05, 0) is 25.0 Å². The van der Waals surface area contributed by atoms with Crippen molar-refractivity contribution in [3.8, 4) is 6.07 Å². The first-order chi connectivity index (χ1) is 8.15. The minimum Gasteiger partial charge on any atom is -0.314 e. The number of rotatable bonds is 4. The second-order valence-corrected chi connectivity index (χ2v) is 4.04. The van der Waals surface area contributed by atoms with E-state index in [0.717, 1.165) is 12.8 Å². The van der Waals surface area contributed by atoms with Gasteiger partial charge in [-0.1, -0.05) is 26.0 Å². The van der Waals surface area contributed by atoms with Crippen molar-refractivity contribution in [1.82, 2.24) is 0 Å². The summed E-state index contributed by atoms with van der Waals surface area (Å²) in [7, 11) is 1.73. The van der Waals surface area contributed by atoms with E-state index in [1.54, 1.807) is 30.1 Å². The minimum atomic E-state index is 0.0340. The first kappa shape index (κ1) is 13.2. The summed E-state index contributed by atoms with van der Waals surface area (Å²) in [4.78, 5) is 13.8. The summed E-state index contributed by atoms with van der Waals surface area (Å²) in [6.07, 6.45) is 1.66. The van der Waals surface area contributed by atoms with Crippen LogP contribution in [0.3, 0.4) is 0 Å². The number of amides is 1. The molecule has 0 atom stereocenters. The highest BCUT2D eigenvalue weighted by Crippen LogP contribution is 2.21. The number of anilines is 1. The van der Waals surface area contributed by atoms with Crippen molar-refractivity contribution < 1.29 is 4.79 Å². The fraction of sp³-hybridized carbons (Fsp3) is 0.429. The molecule has 0 aromatic heterocycles. The Hall–Kier alpha value is -1.82. The van der Waals surface area contributed by atoms with E-state index in [1.807, 2.05) is 19.9 Å². The first-order valence-corrected chi connectivity index (χ1v) is 5.92. The predicted octanol–water partition coefficient (Wildman–Crippen LogP) is 2.96. The molecule has 1 aromatic carbocycles. The zero-order valence-electron chi connectivity index (χ0n) is 10.6. The number of hydrogen-bond donors (Lipinski definition) is 0. The van der Waals surface area contributed by atoms with Gasteiger partial charge in [-0.2, -0.15) is 5.26 Å². The monoisotopic (exact) mass is 230 g/mol. The van der Waals surface area contributed by atoms with Gasteiger partial charge >= 0.3 is 0 Å². The number of carbonyl (C=O) groups excluding carboxylic acids is 1. The van der Waals surface area contributed by atoms with Crippen LogP contribution in [0, 0.1) is 17.2 Å². The lowest BCUT2D eigenvalue weighted by Gasteiger charge is -2.23. The molecule has 1 amide bonds. The van der Waals surface area contributed by atoms with Gasteiger partial charge in [0.1, 0.15) is 6.07 Å². The third-order valence-electron chi connectivity index (χ3n) is 3.05. The molecular formula is C14H18N2O. The maximum absolute atomic E-state index is 12.2. The van der Waals surface area contributed by atoms with Crippen LogP contribution in [0.25, 0.3) is 0 Å². The molecule has 1 rings (SSSR count). The van der Waals surface area contributed by atoms with Crippen molar-refractivity contribution in [3.63, 3.8) is 0 Å². The molecule has 0 unspecified atom stereocenters. The minimum absolute atomic E-state index is 0.0340. The number of nitrogens with zero attached hydrogens (tertiary/aromatic N) is 2. The van der Waals surface area contributed by atoms with Crippen molar-refractivity contribution in [2.45, 2.75) is 26.7 Å². The van der Waals surface area contributed by atoms with Crippen LogP contribution in [0.4, 0.5) is 5.69 Å². The van der Waals surface area contributed by atoms with E-state index in [1.165, 1.54) is 0 Å². The number of benzene rings is 1. The van der Waals surface area contributed by atoms with Crippen LogP contribution in [0.2, 0.25) is 0 Å². The molecule has 0 saturated carbocycles. The molecule has 0 aliphatic carbocycles. The van der Waals surface area contributed by atoms with Crippen molar-refractivity contribution >= 4 is 11.6 Å². The molecule has 3 nitrogen and oxygen atoms in total. The van der Waals surface area contributed by atoms with Crippen LogP contribution in [0.15, 0.2) is 24.3 Å². The number of para-hydroxylation sites is 1. The van der Waals surface area contributed by atoms with E-state index in [2.05, 4.69) is 6.07 Å². The highest BCUT2D eigenvalue weighted by atomic mass is 16.2. The highest BCUT2D eigenvalue weighted by molar-refractivity contribution is 5.95. The lowest BCUT2D eigenvalue weighted by Crippen LogP contribution is -2.32. The summed E-state index contributed by atoms with van der Waals surface area (Å²) in [5.41, 5.74) is 1.22. The Morgan fingerprint density at radius 3 is 2.47 bits per heavy atom. The third kappa shape index (κ3) is 2.85. The summed E-state index contributed by atoms with van der Waals surface area (Å²) in [5.74, 6) is 0.115. The van der Waals surface area contributed by atoms with Crippen molar-refractivity contribution in [2.24, 2.45) is 5.92 Å². The van der Waals surface area contributed by atoms with E-state index in [-0.39, 0.29) is 11.8 Å². The molecule has 0 N–H and O–H groups in total. The van der Waals surface area contributed by atoms with Gasteiger partial charge in [0, 0.05) is 13.0 Å². The molecule has 0 aliphatic heterocycles. The molecule has 0 fully saturated rings. The lowest BCUT2D eigenvalue weighted by atomic mass is 10.0. The van der Waals surface area contributed by atoms with Gasteiger partial charge in [-0.25, -0.2) is 0 Å². The topological polar surface area (TPSA) is 44.1 Å². The van der Waals surface area contributed by atoms with Gasteiger partial charge in [-0.15, -0.1) is 0 Å². The average molecular weight is 230 g/mol. The van der Waals surface area contributed by atoms with E-state index in [0.29, 0.717) is 11.3 Å². The van der Waals surface area contributed by atoms with Crippen LogP contribution in [0.5, 0.6) is 0 Å². The Bertz CT molecular complexity index is 430. The lowest BCUT2D eigenvalue weighted by molar-refractivity contribution is -0.122. The van der Waals surface area contributed by atoms with Gasteiger partial charge in [0.2, 0.25) is 5.91 Å². The Kier molecular flexibility index (Phi) is 4.71. The molecule has 3 heteroatoms. The van der Waals surface area contributed by atoms with Gasteiger partial charge in [0.15, 0.2) is 0 Å². The fourth-order valence-corrected chi connectivity index (χ4v) is 1.89. The fourth-order valence-electron chi connectivity index (χ4n) is 1.89. The molecule has 0 bridgehead atoms. The number of carbonyl (C=O) groups is 1. The number of hydrogen-bond acceptors (Lipinski definition) is 2. The van der Waals surface area contributed by atoms with Crippen molar-refractivity contribution in [1.29, 1.82) is 5.26 Å². The van der Waals surface area contributed by atoms with Gasteiger partial charge in [0.05, 0.1) is 11.3 Å². The molecule has 17 heavy (non-hydrogen) atoms. The average Bonchev–Trinajstić information content (AvgIpc) is 2.39. The molecule has 0 saturated heterocycles. The quantitative estimate of drug-likeness (QED) is 0.798. The van der Waals surface area contributed by atoms with Crippen LogP contribution >= 0.6 is 0 Å². The van der Waals surface area contributed by atoms with Gasteiger partial charge in [0.25, 0.3) is 0 Å². The molecule has 0 radical (unpaired) electrons. The summed E-state index contributed by atoms with van der Waals surface area (Å²) >= 11 is 0. The molecule has 0 heterocycles.